The van der Waals surface area contributed by atoms with Gasteiger partial charge in [-0.05, 0) is 47.0 Å². The van der Waals surface area contributed by atoms with Crippen LogP contribution in [-0.2, 0) is 11.3 Å². The van der Waals surface area contributed by atoms with Gasteiger partial charge in [-0.3, -0.25) is 9.36 Å². The molecule has 0 aliphatic carbocycles. The number of rotatable bonds is 7. The Kier molecular flexibility index (Phi) is 6.28. The van der Waals surface area contributed by atoms with Crippen molar-refractivity contribution in [2.45, 2.75) is 12.6 Å². The number of amides is 1. The fourth-order valence-corrected chi connectivity index (χ4v) is 3.54. The molecule has 0 aliphatic rings. The van der Waals surface area contributed by atoms with E-state index in [-0.39, 0.29) is 5.69 Å². The maximum Gasteiger partial charge on any atom is 0.329 e. The van der Waals surface area contributed by atoms with E-state index in [0.29, 0.717) is 17.0 Å². The zero-order valence-corrected chi connectivity index (χ0v) is 17.9. The lowest BCUT2D eigenvalue weighted by molar-refractivity contribution is -0.116. The first-order chi connectivity index (χ1) is 16.0. The molecule has 0 aliphatic heterocycles. The van der Waals surface area contributed by atoms with Gasteiger partial charge in [-0.2, -0.15) is 0 Å². The Morgan fingerprint density at radius 2 is 1.73 bits per heavy atom. The number of aliphatic hydroxyl groups excluding tert-OH is 1. The predicted octanol–water partition coefficient (Wildman–Crippen LogP) is 3.28. The van der Waals surface area contributed by atoms with Crippen LogP contribution in [0.2, 0.25) is 0 Å². The molecule has 1 aromatic heterocycles. The van der Waals surface area contributed by atoms with E-state index in [0.717, 1.165) is 15.7 Å². The number of aromatic hydroxyl groups is 1. The molecule has 4 N–H and O–H groups in total. The van der Waals surface area contributed by atoms with E-state index in [2.05, 4.69) is 10.3 Å². The highest BCUT2D eigenvalue weighted by Gasteiger charge is 2.23. The number of imidazole rings is 1. The lowest BCUT2D eigenvalue weighted by Crippen LogP contribution is -2.25. The van der Waals surface area contributed by atoms with E-state index in [4.69, 9.17) is 4.74 Å². The summed E-state index contributed by atoms with van der Waals surface area (Å²) >= 11 is 0. The Labute approximate surface area is 189 Å². The van der Waals surface area contributed by atoms with E-state index >= 15 is 0 Å². The number of hydrogen-bond acceptors (Lipinski definition) is 5. The van der Waals surface area contributed by atoms with Crippen molar-refractivity contribution in [3.05, 3.63) is 101 Å². The molecule has 8 nitrogen and oxygen atoms in total. The lowest BCUT2D eigenvalue weighted by atomic mass is 9.99. The van der Waals surface area contributed by atoms with Crippen molar-refractivity contribution in [1.29, 1.82) is 0 Å². The topological polar surface area (TPSA) is 117 Å². The van der Waals surface area contributed by atoms with Gasteiger partial charge in [0.15, 0.2) is 0 Å². The first kappa shape index (κ1) is 21.9. The number of benzene rings is 3. The van der Waals surface area contributed by atoms with Crippen LogP contribution >= 0.6 is 0 Å². The normalized spacial score (nSPS) is 11.7. The molecule has 4 aromatic rings. The first-order valence-corrected chi connectivity index (χ1v) is 10.3. The van der Waals surface area contributed by atoms with Gasteiger partial charge >= 0.3 is 5.69 Å². The van der Waals surface area contributed by atoms with Gasteiger partial charge in [0.05, 0.1) is 7.11 Å². The van der Waals surface area contributed by atoms with Crippen LogP contribution in [0.1, 0.15) is 17.4 Å². The molecule has 0 spiro atoms. The SMILES string of the molecule is COc1cccc(-c2cccc(C(O)c3[nH]c(=O)n(CC(=O)Nc4ccccc4)c3O)c2)c1. The molecule has 0 fully saturated rings. The van der Waals surface area contributed by atoms with Gasteiger partial charge in [0.2, 0.25) is 11.8 Å². The number of nitrogens with zero attached hydrogens (tertiary/aromatic N) is 1. The number of H-pyrrole nitrogens is 1. The second kappa shape index (κ2) is 9.46. The summed E-state index contributed by atoms with van der Waals surface area (Å²) in [6.45, 7) is -0.410. The van der Waals surface area contributed by atoms with Crippen molar-refractivity contribution in [3.63, 3.8) is 0 Å². The lowest BCUT2D eigenvalue weighted by Gasteiger charge is -2.12. The number of aromatic amines is 1. The molecule has 1 atom stereocenters. The number of aromatic nitrogens is 2. The minimum Gasteiger partial charge on any atom is -0.497 e. The zero-order chi connectivity index (χ0) is 23.4. The van der Waals surface area contributed by atoms with E-state index < -0.39 is 30.1 Å². The summed E-state index contributed by atoms with van der Waals surface area (Å²) in [4.78, 5) is 27.2. The van der Waals surface area contributed by atoms with Gasteiger partial charge in [-0.15, -0.1) is 0 Å². The molecule has 4 rings (SSSR count). The quantitative estimate of drug-likeness (QED) is 0.348. The van der Waals surface area contributed by atoms with Gasteiger partial charge in [0, 0.05) is 5.69 Å². The van der Waals surface area contributed by atoms with Crippen molar-refractivity contribution >= 4 is 11.6 Å². The van der Waals surface area contributed by atoms with E-state index in [1.54, 1.807) is 49.6 Å². The summed E-state index contributed by atoms with van der Waals surface area (Å²) in [6, 6.07) is 23.3. The summed E-state index contributed by atoms with van der Waals surface area (Å²) < 4.78 is 6.14. The molecule has 1 heterocycles. The van der Waals surface area contributed by atoms with Crippen molar-refractivity contribution in [3.8, 4) is 22.8 Å². The fourth-order valence-electron chi connectivity index (χ4n) is 3.54. The van der Waals surface area contributed by atoms with Gasteiger partial charge in [-0.1, -0.05) is 48.5 Å². The van der Waals surface area contributed by atoms with Gasteiger partial charge < -0.3 is 25.3 Å². The molecule has 0 bridgehead atoms. The van der Waals surface area contributed by atoms with E-state index in [1.807, 2.05) is 36.4 Å². The maximum absolute atomic E-state index is 12.4. The largest absolute Gasteiger partial charge is 0.497 e. The standard InChI is InChI=1S/C25H23N3O5/c1-33-20-12-6-8-17(14-20)16-7-5-9-18(13-16)23(30)22-24(31)28(25(32)27-22)15-21(29)26-19-10-3-2-4-11-19/h2-14,23,30-31H,15H2,1H3,(H,26,29)(H,27,32). The Bertz CT molecular complexity index is 1330. The molecule has 8 heteroatoms. The van der Waals surface area contributed by atoms with Crippen molar-refractivity contribution < 1.29 is 19.7 Å². The van der Waals surface area contributed by atoms with Crippen LogP contribution in [-0.4, -0.2) is 32.8 Å². The number of carbonyl (C=O) groups is 1. The Balaban J connectivity index is 1.57. The van der Waals surface area contributed by atoms with Gasteiger partial charge in [-0.25, -0.2) is 4.79 Å². The Morgan fingerprint density at radius 1 is 1.03 bits per heavy atom. The molecule has 1 unspecified atom stereocenters. The molecule has 33 heavy (non-hydrogen) atoms. The van der Waals surface area contributed by atoms with Crippen LogP contribution in [0.3, 0.4) is 0 Å². The maximum atomic E-state index is 12.4. The van der Waals surface area contributed by atoms with Crippen LogP contribution in [0.25, 0.3) is 11.1 Å². The molecule has 168 valence electrons. The highest BCUT2D eigenvalue weighted by Crippen LogP contribution is 2.30. The number of methoxy groups -OCH3 is 1. The van der Waals surface area contributed by atoms with Crippen LogP contribution in [0.5, 0.6) is 11.6 Å². The average Bonchev–Trinajstić information content (AvgIpc) is 3.12. The monoisotopic (exact) mass is 445 g/mol. The smallest absolute Gasteiger partial charge is 0.329 e. The minimum atomic E-state index is -1.30. The van der Waals surface area contributed by atoms with Crippen LogP contribution in [0.4, 0.5) is 5.69 Å². The third-order valence-corrected chi connectivity index (χ3v) is 5.22. The zero-order valence-electron chi connectivity index (χ0n) is 17.9. The summed E-state index contributed by atoms with van der Waals surface area (Å²) in [7, 11) is 1.59. The summed E-state index contributed by atoms with van der Waals surface area (Å²) in [5.41, 5.74) is 1.96. The molecule has 0 saturated heterocycles. The number of aliphatic hydroxyl groups is 1. The predicted molar refractivity (Wildman–Crippen MR) is 124 cm³/mol. The van der Waals surface area contributed by atoms with Crippen LogP contribution in [0, 0.1) is 0 Å². The molecule has 0 radical (unpaired) electrons. The van der Waals surface area contributed by atoms with Gasteiger partial charge in [0.1, 0.15) is 24.1 Å². The van der Waals surface area contributed by atoms with Crippen LogP contribution in [0.15, 0.2) is 83.7 Å². The average molecular weight is 445 g/mol. The highest BCUT2D eigenvalue weighted by molar-refractivity contribution is 5.90. The Morgan fingerprint density at radius 3 is 2.45 bits per heavy atom. The molecule has 3 aromatic carbocycles. The third-order valence-electron chi connectivity index (χ3n) is 5.22. The first-order valence-electron chi connectivity index (χ1n) is 10.3. The summed E-state index contributed by atoms with van der Waals surface area (Å²) in [5.74, 6) is -0.285. The van der Waals surface area contributed by atoms with Crippen molar-refractivity contribution in [2.24, 2.45) is 0 Å². The minimum absolute atomic E-state index is 0.0877. The molecule has 1 amide bonds. The van der Waals surface area contributed by atoms with E-state index in [1.165, 1.54) is 0 Å². The summed E-state index contributed by atoms with van der Waals surface area (Å²) in [5, 5.41) is 24.1. The molecule has 0 saturated carbocycles. The van der Waals surface area contributed by atoms with Crippen molar-refractivity contribution in [1.82, 2.24) is 9.55 Å². The number of carbonyl (C=O) groups excluding carboxylic acids is 1. The van der Waals surface area contributed by atoms with E-state index in [9.17, 15) is 19.8 Å². The highest BCUT2D eigenvalue weighted by atomic mass is 16.5. The number of para-hydroxylation sites is 1. The number of hydrogen-bond donors (Lipinski definition) is 4. The number of anilines is 1. The van der Waals surface area contributed by atoms with Crippen molar-refractivity contribution in [2.75, 3.05) is 12.4 Å². The molecular weight excluding hydrogens is 422 g/mol. The summed E-state index contributed by atoms with van der Waals surface area (Å²) in [6.07, 6.45) is -1.30. The fraction of sp³-hybridized carbons (Fsp3) is 0.120. The third kappa shape index (κ3) is 4.81. The Hall–Kier alpha value is -4.30. The van der Waals surface area contributed by atoms with Crippen LogP contribution < -0.4 is 15.7 Å². The second-order valence-electron chi connectivity index (χ2n) is 7.43. The number of ether oxygens (including phenoxy) is 1. The second-order valence-corrected chi connectivity index (χ2v) is 7.43. The molecular formula is C25H23N3O5. The number of nitrogens with one attached hydrogen (secondary N) is 2. The van der Waals surface area contributed by atoms with Gasteiger partial charge in [0.25, 0.3) is 0 Å².